The molecule has 1 atom stereocenters. The van der Waals surface area contributed by atoms with Crippen molar-refractivity contribution in [2.45, 2.75) is 19.4 Å². The van der Waals surface area contributed by atoms with Gasteiger partial charge in [0.2, 0.25) is 5.91 Å². The average Bonchev–Trinajstić information content (AvgIpc) is 2.34. The van der Waals surface area contributed by atoms with Crippen molar-refractivity contribution in [2.24, 2.45) is 0 Å². The van der Waals surface area contributed by atoms with E-state index in [9.17, 15) is 13.6 Å². The van der Waals surface area contributed by atoms with E-state index in [0.29, 0.717) is 6.54 Å². The molecule has 4 nitrogen and oxygen atoms in total. The van der Waals surface area contributed by atoms with Crippen molar-refractivity contribution in [2.75, 3.05) is 26.7 Å². The number of hydrogen-bond acceptors (Lipinski definition) is 3. The highest BCUT2D eigenvalue weighted by Gasteiger charge is 2.15. The van der Waals surface area contributed by atoms with Crippen molar-refractivity contribution in [1.29, 1.82) is 0 Å². The van der Waals surface area contributed by atoms with Crippen molar-refractivity contribution in [3.63, 3.8) is 0 Å². The molecule has 0 aliphatic heterocycles. The van der Waals surface area contributed by atoms with Crippen LogP contribution in [0.5, 0.6) is 0 Å². The van der Waals surface area contributed by atoms with Crippen LogP contribution in [0.3, 0.4) is 0 Å². The fourth-order valence-electron chi connectivity index (χ4n) is 1.90. The minimum absolute atomic E-state index is 0.0241. The van der Waals surface area contributed by atoms with Gasteiger partial charge in [-0.05, 0) is 32.5 Å². The highest BCUT2D eigenvalue weighted by Crippen LogP contribution is 2.14. The summed E-state index contributed by atoms with van der Waals surface area (Å²) in [5.74, 6) is -1.46. The predicted molar refractivity (Wildman–Crippen MR) is 72.2 cm³/mol. The molecule has 2 N–H and O–H groups in total. The van der Waals surface area contributed by atoms with E-state index in [1.54, 1.807) is 18.9 Å². The number of carbonyl (C=O) groups excluding carboxylic acids is 1. The number of hydrogen-bond donors (Lipinski definition) is 2. The molecule has 1 amide bonds. The largest absolute Gasteiger partial charge is 0.395 e. The van der Waals surface area contributed by atoms with Gasteiger partial charge in [-0.3, -0.25) is 9.69 Å². The van der Waals surface area contributed by atoms with Crippen LogP contribution < -0.4 is 5.32 Å². The molecule has 1 unspecified atom stereocenters. The van der Waals surface area contributed by atoms with E-state index in [0.717, 1.165) is 0 Å². The fraction of sp³-hybridized carbons (Fsp3) is 0.500. The molecule has 1 aromatic rings. The van der Waals surface area contributed by atoms with Gasteiger partial charge in [-0.25, -0.2) is 8.78 Å². The molecule has 0 spiro atoms. The number of amides is 1. The first-order valence-electron chi connectivity index (χ1n) is 6.45. The molecule has 1 aromatic carbocycles. The lowest BCUT2D eigenvalue weighted by atomic mass is 10.1. The van der Waals surface area contributed by atoms with Gasteiger partial charge in [0.05, 0.1) is 13.2 Å². The van der Waals surface area contributed by atoms with Gasteiger partial charge < -0.3 is 10.4 Å². The summed E-state index contributed by atoms with van der Waals surface area (Å²) in [6.45, 7) is 2.18. The minimum Gasteiger partial charge on any atom is -0.395 e. The van der Waals surface area contributed by atoms with Gasteiger partial charge in [0.15, 0.2) is 0 Å². The maximum absolute atomic E-state index is 13.5. The number of halogens is 2. The van der Waals surface area contributed by atoms with Gasteiger partial charge in [-0.2, -0.15) is 0 Å². The Morgan fingerprint density at radius 1 is 1.40 bits per heavy atom. The number of nitrogens with zero attached hydrogens (tertiary/aromatic N) is 1. The lowest BCUT2D eigenvalue weighted by Gasteiger charge is -2.18. The van der Waals surface area contributed by atoms with E-state index in [4.69, 9.17) is 5.11 Å². The van der Waals surface area contributed by atoms with Gasteiger partial charge in [-0.1, -0.05) is 6.07 Å². The van der Waals surface area contributed by atoms with E-state index >= 15 is 0 Å². The second-order valence-corrected chi connectivity index (χ2v) is 4.83. The molecule has 0 radical (unpaired) electrons. The number of aliphatic hydroxyl groups is 1. The van der Waals surface area contributed by atoms with Crippen LogP contribution in [0.1, 0.15) is 12.5 Å². The number of benzene rings is 1. The van der Waals surface area contributed by atoms with Gasteiger partial charge >= 0.3 is 0 Å². The van der Waals surface area contributed by atoms with Crippen LogP contribution in [0.4, 0.5) is 8.78 Å². The molecule has 0 fully saturated rings. The van der Waals surface area contributed by atoms with Gasteiger partial charge in [0, 0.05) is 18.2 Å². The van der Waals surface area contributed by atoms with Crippen molar-refractivity contribution < 1.29 is 18.7 Å². The summed E-state index contributed by atoms with van der Waals surface area (Å²) in [5, 5.41) is 11.4. The third kappa shape index (κ3) is 5.22. The van der Waals surface area contributed by atoms with E-state index in [2.05, 4.69) is 5.32 Å². The third-order valence-electron chi connectivity index (χ3n) is 2.87. The molecule has 6 heteroatoms. The second-order valence-electron chi connectivity index (χ2n) is 4.83. The van der Waals surface area contributed by atoms with Gasteiger partial charge in [0.25, 0.3) is 0 Å². The molecule has 20 heavy (non-hydrogen) atoms. The molecule has 0 aliphatic carbocycles. The fourth-order valence-corrected chi connectivity index (χ4v) is 1.90. The van der Waals surface area contributed by atoms with Crippen molar-refractivity contribution in [3.8, 4) is 0 Å². The Bertz CT molecular complexity index is 435. The Morgan fingerprint density at radius 2 is 2.00 bits per heavy atom. The van der Waals surface area contributed by atoms with Crippen molar-refractivity contribution in [3.05, 3.63) is 35.4 Å². The number of nitrogens with one attached hydrogen (secondary N) is 1. The highest BCUT2D eigenvalue weighted by atomic mass is 19.1. The van der Waals surface area contributed by atoms with Crippen LogP contribution >= 0.6 is 0 Å². The number of aliphatic hydroxyl groups excluding tert-OH is 1. The zero-order valence-corrected chi connectivity index (χ0v) is 11.7. The van der Waals surface area contributed by atoms with Crippen LogP contribution in [0, 0.1) is 11.6 Å². The summed E-state index contributed by atoms with van der Waals surface area (Å²) < 4.78 is 26.9. The average molecular weight is 286 g/mol. The lowest BCUT2D eigenvalue weighted by molar-refractivity contribution is -0.122. The topological polar surface area (TPSA) is 52.6 Å². The highest BCUT2D eigenvalue weighted by molar-refractivity contribution is 5.78. The Morgan fingerprint density at radius 3 is 2.55 bits per heavy atom. The summed E-state index contributed by atoms with van der Waals surface area (Å²) in [4.78, 5) is 13.3. The molecule has 0 bridgehead atoms. The van der Waals surface area contributed by atoms with E-state index in [1.807, 2.05) is 0 Å². The molecule has 112 valence electrons. The predicted octanol–water partition coefficient (Wildman–Crippen LogP) is 0.936. The van der Waals surface area contributed by atoms with Crippen LogP contribution in [0.2, 0.25) is 0 Å². The van der Waals surface area contributed by atoms with E-state index in [-0.39, 0.29) is 37.1 Å². The molecule has 0 aliphatic rings. The Hall–Kier alpha value is -1.53. The first kappa shape index (κ1) is 16.5. The summed E-state index contributed by atoms with van der Waals surface area (Å²) in [6.07, 6.45) is 0.0912. The quantitative estimate of drug-likeness (QED) is 0.784. The lowest BCUT2D eigenvalue weighted by Crippen LogP contribution is -2.41. The molecule has 0 aromatic heterocycles. The second kappa shape index (κ2) is 7.91. The number of carbonyl (C=O) groups is 1. The van der Waals surface area contributed by atoms with Gasteiger partial charge in [-0.15, -0.1) is 0 Å². The molecule has 1 rings (SSSR count). The summed E-state index contributed by atoms with van der Waals surface area (Å²) >= 11 is 0. The number of rotatable bonds is 7. The monoisotopic (exact) mass is 286 g/mol. The Labute approximate surface area is 117 Å². The SMILES string of the molecule is CC(Cc1c(F)cccc1F)NC(=O)CN(C)CCO. The molecular weight excluding hydrogens is 266 g/mol. The zero-order chi connectivity index (χ0) is 15.1. The van der Waals surface area contributed by atoms with Gasteiger partial charge in [0.1, 0.15) is 11.6 Å². The maximum atomic E-state index is 13.5. The van der Waals surface area contributed by atoms with Crippen LogP contribution in [-0.4, -0.2) is 48.7 Å². The Balaban J connectivity index is 2.51. The first-order valence-corrected chi connectivity index (χ1v) is 6.45. The van der Waals surface area contributed by atoms with Crippen LogP contribution in [-0.2, 0) is 11.2 Å². The molecule has 0 saturated carbocycles. The first-order chi connectivity index (χ1) is 9.43. The Kier molecular flexibility index (Phi) is 6.54. The molecule has 0 saturated heterocycles. The standard InChI is InChI=1S/C14H20F2N2O2/c1-10(17-14(20)9-18(2)6-7-19)8-11-12(15)4-3-5-13(11)16/h3-5,10,19H,6-9H2,1-2H3,(H,17,20). The molecule has 0 heterocycles. The minimum atomic E-state index is -0.608. The normalized spacial score (nSPS) is 12.5. The summed E-state index contributed by atoms with van der Waals surface area (Å²) in [5.41, 5.74) is -0.0241. The third-order valence-corrected chi connectivity index (χ3v) is 2.87. The zero-order valence-electron chi connectivity index (χ0n) is 11.7. The van der Waals surface area contributed by atoms with Crippen molar-refractivity contribution >= 4 is 5.91 Å². The summed E-state index contributed by atoms with van der Waals surface area (Å²) in [6, 6.07) is 3.32. The van der Waals surface area contributed by atoms with Crippen LogP contribution in [0.15, 0.2) is 18.2 Å². The van der Waals surface area contributed by atoms with E-state index < -0.39 is 11.6 Å². The van der Waals surface area contributed by atoms with E-state index in [1.165, 1.54) is 18.2 Å². The van der Waals surface area contributed by atoms with Crippen LogP contribution in [0.25, 0.3) is 0 Å². The van der Waals surface area contributed by atoms with Crippen molar-refractivity contribution in [1.82, 2.24) is 10.2 Å². The molecular formula is C14H20F2N2O2. The summed E-state index contributed by atoms with van der Waals surface area (Å²) in [7, 11) is 1.71. The smallest absolute Gasteiger partial charge is 0.234 e. The number of likely N-dealkylation sites (N-methyl/N-ethyl adjacent to an activating group) is 1. The maximum Gasteiger partial charge on any atom is 0.234 e.